The van der Waals surface area contributed by atoms with Gasteiger partial charge >= 0.3 is 18.1 Å². The summed E-state index contributed by atoms with van der Waals surface area (Å²) in [5.41, 5.74) is 2.64. The zero-order valence-electron chi connectivity index (χ0n) is 31.2. The van der Waals surface area contributed by atoms with Crippen LogP contribution in [0.15, 0.2) is 45.3 Å². The maximum Gasteiger partial charge on any atom is 0.410 e. The summed E-state index contributed by atoms with van der Waals surface area (Å²) in [5.74, 6) is -0.622. The van der Waals surface area contributed by atoms with E-state index in [1.807, 2.05) is 29.2 Å². The standard InChI is InChI=1S/C39H50Br2N6O8/c1-2-54-35(49)8-7-34(48)44-21-19-43(20-22-44)28-10-14-45(15-11-28)37(51)33(25-26-23-30(40)36(50)31(41)24-26)55-39(53)46-16-12-29(13-17-46)47-18-9-27-5-3-4-6-32(27)42-38(47)52/h3-6,23-24,28-29,33,50H,2,7-22,25H2,1H3,(H,42,52)/t33-/m1/s1. The van der Waals surface area contributed by atoms with Gasteiger partial charge < -0.3 is 39.5 Å². The first kappa shape index (κ1) is 40.8. The number of anilines is 1. The zero-order valence-corrected chi connectivity index (χ0v) is 34.4. The number of amides is 5. The highest BCUT2D eigenvalue weighted by atomic mass is 79.9. The Balaban J connectivity index is 1.03. The van der Waals surface area contributed by atoms with Gasteiger partial charge in [-0.1, -0.05) is 18.2 Å². The Morgan fingerprint density at radius 3 is 2.15 bits per heavy atom. The molecule has 0 bridgehead atoms. The molecule has 55 heavy (non-hydrogen) atoms. The Labute approximate surface area is 338 Å². The van der Waals surface area contributed by atoms with Crippen molar-refractivity contribution >= 4 is 67.5 Å². The van der Waals surface area contributed by atoms with Crippen LogP contribution in [0.3, 0.4) is 0 Å². The van der Waals surface area contributed by atoms with E-state index in [-0.39, 0.29) is 60.9 Å². The molecule has 4 heterocycles. The van der Waals surface area contributed by atoms with Gasteiger partial charge in [0.1, 0.15) is 5.75 Å². The molecule has 6 rings (SSSR count). The Bertz CT molecular complexity index is 1700. The topological polar surface area (TPSA) is 152 Å². The van der Waals surface area contributed by atoms with Gasteiger partial charge in [0.2, 0.25) is 5.91 Å². The highest BCUT2D eigenvalue weighted by molar-refractivity contribution is 9.11. The van der Waals surface area contributed by atoms with E-state index in [4.69, 9.17) is 9.47 Å². The molecular weight excluding hydrogens is 840 g/mol. The highest BCUT2D eigenvalue weighted by Crippen LogP contribution is 2.34. The number of rotatable bonds is 10. The lowest BCUT2D eigenvalue weighted by molar-refractivity contribution is -0.146. The van der Waals surface area contributed by atoms with Crippen LogP contribution in [0.5, 0.6) is 5.75 Å². The van der Waals surface area contributed by atoms with E-state index >= 15 is 0 Å². The Kier molecular flexibility index (Phi) is 14.0. The number of piperidine rings is 2. The van der Waals surface area contributed by atoms with Gasteiger partial charge in [-0.3, -0.25) is 19.3 Å². The minimum Gasteiger partial charge on any atom is -0.506 e. The van der Waals surface area contributed by atoms with Crippen LogP contribution in [-0.2, 0) is 36.7 Å². The van der Waals surface area contributed by atoms with Crippen LogP contribution in [-0.4, -0.2) is 143 Å². The van der Waals surface area contributed by atoms with Crippen molar-refractivity contribution < 1.29 is 38.6 Å². The lowest BCUT2D eigenvalue weighted by Crippen LogP contribution is -2.56. The van der Waals surface area contributed by atoms with Gasteiger partial charge in [-0.15, -0.1) is 0 Å². The maximum absolute atomic E-state index is 14.1. The number of nitrogens with one attached hydrogen (secondary N) is 1. The third kappa shape index (κ3) is 10.3. The molecule has 0 unspecified atom stereocenters. The Morgan fingerprint density at radius 1 is 0.836 bits per heavy atom. The zero-order chi connectivity index (χ0) is 39.1. The van der Waals surface area contributed by atoms with E-state index in [2.05, 4.69) is 42.1 Å². The molecule has 14 nitrogen and oxygen atoms in total. The van der Waals surface area contributed by atoms with E-state index in [1.54, 1.807) is 33.8 Å². The van der Waals surface area contributed by atoms with Crippen LogP contribution in [0, 0.1) is 0 Å². The van der Waals surface area contributed by atoms with Crippen LogP contribution < -0.4 is 5.32 Å². The average molecular weight is 891 g/mol. The molecule has 2 N–H and O–H groups in total. The molecule has 5 amide bonds. The molecule has 4 aliphatic rings. The van der Waals surface area contributed by atoms with E-state index in [0.717, 1.165) is 43.6 Å². The second kappa shape index (κ2) is 18.8. The number of carbonyl (C=O) groups excluding carboxylic acids is 5. The summed E-state index contributed by atoms with van der Waals surface area (Å²) in [6.45, 7) is 7.07. The number of esters is 1. The number of urea groups is 1. The second-order valence-corrected chi connectivity index (χ2v) is 16.2. The summed E-state index contributed by atoms with van der Waals surface area (Å²) in [5, 5.41) is 13.3. The quantitative estimate of drug-likeness (QED) is 0.314. The molecule has 298 valence electrons. The van der Waals surface area contributed by atoms with Gasteiger partial charge in [-0.05, 0) is 100 Å². The lowest BCUT2D eigenvalue weighted by Gasteiger charge is -2.43. The Hall–Kier alpha value is -3.89. The van der Waals surface area contributed by atoms with Gasteiger partial charge in [0.25, 0.3) is 5.91 Å². The second-order valence-electron chi connectivity index (χ2n) is 14.5. The summed E-state index contributed by atoms with van der Waals surface area (Å²) in [4.78, 5) is 74.7. The SMILES string of the molecule is CCOC(=O)CCC(=O)N1CCN(C2CCN(C(=O)[C@@H](Cc3cc(Br)c(O)c(Br)c3)OC(=O)N3CCC(N4CCc5ccccc5NC4=O)CC3)CC2)CC1. The average Bonchev–Trinajstić information content (AvgIpc) is 3.36. The minimum atomic E-state index is -1.08. The lowest BCUT2D eigenvalue weighted by atomic mass is 10.00. The number of aromatic hydroxyl groups is 1. The predicted molar refractivity (Wildman–Crippen MR) is 212 cm³/mol. The number of phenolic OH excluding ortho intramolecular Hbond substituents is 1. The van der Waals surface area contributed by atoms with Crippen molar-refractivity contribution in [3.63, 3.8) is 0 Å². The molecule has 1 atom stereocenters. The van der Waals surface area contributed by atoms with Crippen molar-refractivity contribution in [2.45, 2.75) is 76.5 Å². The number of hydrogen-bond donors (Lipinski definition) is 2. The summed E-state index contributed by atoms with van der Waals surface area (Å²) < 4.78 is 11.9. The molecule has 2 aromatic carbocycles. The minimum absolute atomic E-state index is 0.0245. The van der Waals surface area contributed by atoms with Crippen LogP contribution in [0.2, 0.25) is 0 Å². The molecular formula is C39H50Br2N6O8. The third-order valence-corrected chi connectivity index (χ3v) is 12.3. The highest BCUT2D eigenvalue weighted by Gasteiger charge is 2.37. The van der Waals surface area contributed by atoms with Gasteiger partial charge in [-0.2, -0.15) is 0 Å². The molecule has 4 aliphatic heterocycles. The fourth-order valence-electron chi connectivity index (χ4n) is 8.02. The maximum atomic E-state index is 14.1. The van der Waals surface area contributed by atoms with Gasteiger partial charge in [-0.25, -0.2) is 9.59 Å². The number of halogens is 2. The smallest absolute Gasteiger partial charge is 0.410 e. The summed E-state index contributed by atoms with van der Waals surface area (Å²) in [6.07, 6.45) is 2.16. The van der Waals surface area contributed by atoms with Crippen molar-refractivity contribution in [2.75, 3.05) is 70.8 Å². The largest absolute Gasteiger partial charge is 0.506 e. The monoisotopic (exact) mass is 888 g/mol. The van der Waals surface area contributed by atoms with E-state index in [1.165, 1.54) is 0 Å². The molecule has 0 aliphatic carbocycles. The Morgan fingerprint density at radius 2 is 1.47 bits per heavy atom. The van der Waals surface area contributed by atoms with Crippen molar-refractivity contribution in [2.24, 2.45) is 0 Å². The molecule has 0 radical (unpaired) electrons. The summed E-state index contributed by atoms with van der Waals surface area (Å²) >= 11 is 6.75. The molecule has 16 heteroatoms. The van der Waals surface area contributed by atoms with Crippen molar-refractivity contribution in [1.82, 2.24) is 24.5 Å². The number of likely N-dealkylation sites (tertiary alicyclic amines) is 2. The molecule has 3 saturated heterocycles. The number of phenols is 1. The van der Waals surface area contributed by atoms with E-state index < -0.39 is 12.2 Å². The van der Waals surface area contributed by atoms with Crippen molar-refractivity contribution in [1.29, 1.82) is 0 Å². The first-order valence-corrected chi connectivity index (χ1v) is 20.8. The molecule has 0 aromatic heterocycles. The van der Waals surface area contributed by atoms with Crippen LogP contribution in [0.25, 0.3) is 0 Å². The van der Waals surface area contributed by atoms with E-state index in [9.17, 15) is 29.1 Å². The van der Waals surface area contributed by atoms with Crippen molar-refractivity contribution in [3.05, 3.63) is 56.5 Å². The molecule has 3 fully saturated rings. The summed E-state index contributed by atoms with van der Waals surface area (Å²) in [7, 11) is 0. The first-order valence-electron chi connectivity index (χ1n) is 19.2. The summed E-state index contributed by atoms with van der Waals surface area (Å²) in [6, 6.07) is 11.4. The number of fused-ring (bicyclic) bond motifs is 1. The fraction of sp³-hybridized carbons (Fsp3) is 0.564. The molecule has 2 aromatic rings. The first-order chi connectivity index (χ1) is 26.5. The number of ether oxygens (including phenoxy) is 2. The number of carbonyl (C=O) groups is 5. The number of benzene rings is 2. The molecule has 0 saturated carbocycles. The predicted octanol–water partition coefficient (Wildman–Crippen LogP) is 5.00. The number of para-hydroxylation sites is 1. The van der Waals surface area contributed by atoms with Crippen LogP contribution >= 0.6 is 31.9 Å². The van der Waals surface area contributed by atoms with Gasteiger partial charge in [0.15, 0.2) is 6.10 Å². The normalized spacial score (nSPS) is 19.3. The third-order valence-electron chi connectivity index (χ3n) is 11.1. The van der Waals surface area contributed by atoms with E-state index in [0.29, 0.717) is 79.8 Å². The number of piperazine rings is 1. The van der Waals surface area contributed by atoms with Gasteiger partial charge in [0, 0.05) is 89.5 Å². The van der Waals surface area contributed by atoms with Crippen molar-refractivity contribution in [3.8, 4) is 5.75 Å². The fourth-order valence-corrected chi connectivity index (χ4v) is 9.30. The number of nitrogens with zero attached hydrogens (tertiary/aromatic N) is 5. The van der Waals surface area contributed by atoms with Crippen LogP contribution in [0.4, 0.5) is 15.3 Å². The van der Waals surface area contributed by atoms with Gasteiger partial charge in [0.05, 0.1) is 22.0 Å². The number of hydrogen-bond acceptors (Lipinski definition) is 9. The molecule has 0 spiro atoms. The van der Waals surface area contributed by atoms with Crippen LogP contribution in [0.1, 0.15) is 56.6 Å².